The maximum atomic E-state index is 5.46. The highest BCUT2D eigenvalue weighted by molar-refractivity contribution is 5.01. The molecular formula is C15H22N4O. The summed E-state index contributed by atoms with van der Waals surface area (Å²) in [5.41, 5.74) is 1.98. The second-order valence-corrected chi connectivity index (χ2v) is 5.50. The van der Waals surface area contributed by atoms with E-state index >= 15 is 0 Å². The van der Waals surface area contributed by atoms with Gasteiger partial charge in [0.2, 0.25) is 0 Å². The van der Waals surface area contributed by atoms with Crippen molar-refractivity contribution >= 4 is 0 Å². The van der Waals surface area contributed by atoms with Crippen LogP contribution in [0.5, 0.6) is 0 Å². The number of nitrogens with zero attached hydrogens (tertiary/aromatic N) is 4. The lowest BCUT2D eigenvalue weighted by Crippen LogP contribution is -2.30. The molecule has 0 amide bonds. The highest BCUT2D eigenvalue weighted by Crippen LogP contribution is 2.15. The Morgan fingerprint density at radius 2 is 2.00 bits per heavy atom. The van der Waals surface area contributed by atoms with Crippen molar-refractivity contribution in [1.82, 2.24) is 19.9 Å². The van der Waals surface area contributed by atoms with Gasteiger partial charge in [0.05, 0.1) is 11.4 Å². The van der Waals surface area contributed by atoms with Crippen molar-refractivity contribution in [3.05, 3.63) is 42.1 Å². The van der Waals surface area contributed by atoms with E-state index in [0.29, 0.717) is 12.0 Å². The fourth-order valence-corrected chi connectivity index (χ4v) is 1.97. The molecule has 0 aliphatic rings. The molecule has 2 aromatic rings. The first-order valence-corrected chi connectivity index (χ1v) is 6.95. The molecule has 5 nitrogen and oxygen atoms in total. The fourth-order valence-electron chi connectivity index (χ4n) is 1.97. The highest BCUT2D eigenvalue weighted by Gasteiger charge is 2.14. The Hall–Kier alpha value is -1.75. The van der Waals surface area contributed by atoms with Crippen molar-refractivity contribution in [1.29, 1.82) is 0 Å². The summed E-state index contributed by atoms with van der Waals surface area (Å²) in [7, 11) is 2.09. The monoisotopic (exact) mass is 274 g/mol. The van der Waals surface area contributed by atoms with Gasteiger partial charge in [-0.25, -0.2) is 4.98 Å². The largest absolute Gasteiger partial charge is 0.448 e. The fraction of sp³-hybridized carbons (Fsp3) is 0.533. The van der Waals surface area contributed by atoms with Crippen molar-refractivity contribution in [2.45, 2.75) is 45.7 Å². The molecule has 0 radical (unpaired) electrons. The van der Waals surface area contributed by atoms with E-state index in [1.165, 1.54) is 0 Å². The molecule has 0 aliphatic carbocycles. The summed E-state index contributed by atoms with van der Waals surface area (Å²) in [5.74, 6) is 1.13. The molecule has 0 saturated heterocycles. The minimum absolute atomic E-state index is 0.325. The first kappa shape index (κ1) is 14.7. The first-order valence-electron chi connectivity index (χ1n) is 6.95. The van der Waals surface area contributed by atoms with Crippen molar-refractivity contribution in [3.8, 4) is 0 Å². The van der Waals surface area contributed by atoms with E-state index in [-0.39, 0.29) is 0 Å². The molecule has 0 fully saturated rings. The van der Waals surface area contributed by atoms with E-state index in [0.717, 1.165) is 30.2 Å². The van der Waals surface area contributed by atoms with Crippen molar-refractivity contribution in [3.63, 3.8) is 0 Å². The zero-order valence-corrected chi connectivity index (χ0v) is 12.6. The van der Waals surface area contributed by atoms with Crippen LogP contribution in [0.4, 0.5) is 0 Å². The number of likely N-dealkylation sites (N-methyl/N-ethyl adjacent to an activating group) is 1. The Morgan fingerprint density at radius 1 is 1.20 bits per heavy atom. The molecular weight excluding hydrogens is 252 g/mol. The van der Waals surface area contributed by atoms with Gasteiger partial charge in [-0.15, -0.1) is 0 Å². The Labute approximate surface area is 120 Å². The van der Waals surface area contributed by atoms with Crippen LogP contribution in [0.2, 0.25) is 0 Å². The van der Waals surface area contributed by atoms with E-state index in [9.17, 15) is 0 Å². The smallest absolute Gasteiger partial charge is 0.196 e. The van der Waals surface area contributed by atoms with Crippen LogP contribution in [0.15, 0.2) is 29.3 Å². The Morgan fingerprint density at radius 3 is 2.60 bits per heavy atom. The number of rotatable bonds is 6. The van der Waals surface area contributed by atoms with Gasteiger partial charge >= 0.3 is 0 Å². The molecule has 20 heavy (non-hydrogen) atoms. The quantitative estimate of drug-likeness (QED) is 0.810. The maximum absolute atomic E-state index is 5.46. The summed E-state index contributed by atoms with van der Waals surface area (Å²) in [6.07, 6.45) is 7.87. The van der Waals surface area contributed by atoms with Crippen LogP contribution in [0.3, 0.4) is 0 Å². The van der Waals surface area contributed by atoms with Gasteiger partial charge in [-0.2, -0.15) is 0 Å². The van der Waals surface area contributed by atoms with Crippen LogP contribution in [0, 0.1) is 0 Å². The average Bonchev–Trinajstić information content (AvgIpc) is 2.88. The average molecular weight is 274 g/mol. The zero-order chi connectivity index (χ0) is 14.5. The molecule has 0 bridgehead atoms. The molecule has 0 saturated carbocycles. The molecule has 5 heteroatoms. The molecule has 108 valence electrons. The third-order valence-electron chi connectivity index (χ3n) is 3.35. The Bertz CT molecular complexity index is 524. The number of aromatic nitrogens is 3. The minimum atomic E-state index is 0.325. The number of hydrogen-bond acceptors (Lipinski definition) is 5. The second-order valence-electron chi connectivity index (χ2n) is 5.50. The van der Waals surface area contributed by atoms with E-state index in [1.54, 1.807) is 18.7 Å². The SMILES string of the molecule is CC(C)c1nc(CN(C)[C@H](C)Cc2cnccn2)co1. The highest BCUT2D eigenvalue weighted by atomic mass is 16.3. The van der Waals surface area contributed by atoms with Crippen molar-refractivity contribution in [2.75, 3.05) is 7.05 Å². The third-order valence-corrected chi connectivity index (χ3v) is 3.35. The van der Waals surface area contributed by atoms with Gasteiger partial charge in [-0.05, 0) is 14.0 Å². The summed E-state index contributed by atoms with van der Waals surface area (Å²) in [6.45, 7) is 7.11. The third kappa shape index (κ3) is 3.87. The molecule has 0 unspecified atom stereocenters. The van der Waals surface area contributed by atoms with Crippen LogP contribution in [0.1, 0.15) is 44.0 Å². The van der Waals surface area contributed by atoms with Gasteiger partial charge in [-0.1, -0.05) is 13.8 Å². The lowest BCUT2D eigenvalue weighted by Gasteiger charge is -2.23. The van der Waals surface area contributed by atoms with Gasteiger partial charge in [0.25, 0.3) is 0 Å². The molecule has 2 heterocycles. The maximum Gasteiger partial charge on any atom is 0.196 e. The lowest BCUT2D eigenvalue weighted by molar-refractivity contribution is 0.244. The van der Waals surface area contributed by atoms with Gasteiger partial charge in [0, 0.05) is 43.5 Å². The lowest BCUT2D eigenvalue weighted by atomic mass is 10.1. The van der Waals surface area contributed by atoms with Crippen LogP contribution in [-0.2, 0) is 13.0 Å². The predicted octanol–water partition coefficient (Wildman–Crippen LogP) is 2.65. The number of hydrogen-bond donors (Lipinski definition) is 0. The Balaban J connectivity index is 1.91. The first-order chi connectivity index (χ1) is 9.56. The van der Waals surface area contributed by atoms with Crippen LogP contribution < -0.4 is 0 Å². The van der Waals surface area contributed by atoms with E-state index < -0.39 is 0 Å². The van der Waals surface area contributed by atoms with E-state index in [4.69, 9.17) is 4.42 Å². The summed E-state index contributed by atoms with van der Waals surface area (Å²) in [6, 6.07) is 0.367. The molecule has 2 aromatic heterocycles. The van der Waals surface area contributed by atoms with E-state index in [2.05, 4.69) is 47.7 Å². The second kappa shape index (κ2) is 6.61. The van der Waals surface area contributed by atoms with Crippen LogP contribution in [0.25, 0.3) is 0 Å². The van der Waals surface area contributed by atoms with Crippen molar-refractivity contribution < 1.29 is 4.42 Å². The topological polar surface area (TPSA) is 55.1 Å². The summed E-state index contributed by atoms with van der Waals surface area (Å²) >= 11 is 0. The van der Waals surface area contributed by atoms with Crippen LogP contribution >= 0.6 is 0 Å². The number of oxazole rings is 1. The Kier molecular flexibility index (Phi) is 4.84. The summed E-state index contributed by atoms with van der Waals surface area (Å²) in [4.78, 5) is 15.2. The standard InChI is InChI=1S/C15H22N4O/c1-11(2)15-18-14(10-20-15)9-19(4)12(3)7-13-8-16-5-6-17-13/h5-6,8,10-12H,7,9H2,1-4H3/t12-/m1/s1. The van der Waals surface area contributed by atoms with Crippen LogP contribution in [-0.4, -0.2) is 32.9 Å². The molecule has 0 aliphatic heterocycles. The molecule has 1 atom stereocenters. The van der Waals surface area contributed by atoms with Crippen molar-refractivity contribution in [2.24, 2.45) is 0 Å². The molecule has 0 aromatic carbocycles. The molecule has 2 rings (SSSR count). The van der Waals surface area contributed by atoms with E-state index in [1.807, 2.05) is 6.20 Å². The van der Waals surface area contributed by atoms with Gasteiger partial charge in [0.1, 0.15) is 6.26 Å². The predicted molar refractivity (Wildman–Crippen MR) is 77.3 cm³/mol. The van der Waals surface area contributed by atoms with Gasteiger partial charge in [0.15, 0.2) is 5.89 Å². The normalized spacial score (nSPS) is 13.1. The molecule has 0 N–H and O–H groups in total. The van der Waals surface area contributed by atoms with Gasteiger partial charge < -0.3 is 4.42 Å². The summed E-state index contributed by atoms with van der Waals surface area (Å²) < 4.78 is 5.46. The zero-order valence-electron chi connectivity index (χ0n) is 12.6. The minimum Gasteiger partial charge on any atom is -0.448 e. The summed E-state index contributed by atoms with van der Waals surface area (Å²) in [5, 5.41) is 0. The molecule has 0 spiro atoms. The van der Waals surface area contributed by atoms with Gasteiger partial charge in [-0.3, -0.25) is 14.9 Å².